The Morgan fingerprint density at radius 3 is 2.79 bits per heavy atom. The van der Waals surface area contributed by atoms with Crippen LogP contribution in [0.1, 0.15) is 26.7 Å². The zero-order valence-corrected chi connectivity index (χ0v) is 8.77. The van der Waals surface area contributed by atoms with E-state index < -0.39 is 0 Å². The van der Waals surface area contributed by atoms with Gasteiger partial charge in [-0.05, 0) is 24.2 Å². The van der Waals surface area contributed by atoms with Gasteiger partial charge >= 0.3 is 5.97 Å². The fraction of sp³-hybridized carbons (Fsp3) is 0.909. The van der Waals surface area contributed by atoms with E-state index in [-0.39, 0.29) is 18.7 Å². The molecule has 14 heavy (non-hydrogen) atoms. The lowest BCUT2D eigenvalue weighted by molar-refractivity contribution is -0.143. The summed E-state index contributed by atoms with van der Waals surface area (Å²) < 4.78 is 5.27. The molecule has 2 fully saturated rings. The van der Waals surface area contributed by atoms with E-state index in [1.807, 2.05) is 0 Å². The highest BCUT2D eigenvalue weighted by Crippen LogP contribution is 2.44. The van der Waals surface area contributed by atoms with Crippen molar-refractivity contribution in [3.63, 3.8) is 0 Å². The van der Waals surface area contributed by atoms with Crippen LogP contribution >= 0.6 is 0 Å². The van der Waals surface area contributed by atoms with Crippen molar-refractivity contribution in [3.05, 3.63) is 0 Å². The number of hydrogen-bond donors (Lipinski definition) is 1. The standard InChI is InChI=1S/C11H18O3/c1-6-7(2)9-4-11(13)14-10(9)3-8(6)5-12/h6-10,12H,3-5H2,1-2H3. The average Bonchev–Trinajstić information content (AvgIpc) is 2.52. The van der Waals surface area contributed by atoms with Crippen molar-refractivity contribution in [1.29, 1.82) is 0 Å². The molecule has 0 radical (unpaired) electrons. The molecule has 1 saturated heterocycles. The van der Waals surface area contributed by atoms with Gasteiger partial charge in [-0.15, -0.1) is 0 Å². The molecule has 1 aliphatic carbocycles. The van der Waals surface area contributed by atoms with Gasteiger partial charge in [0.25, 0.3) is 0 Å². The lowest BCUT2D eigenvalue weighted by Gasteiger charge is -2.39. The summed E-state index contributed by atoms with van der Waals surface area (Å²) in [5, 5.41) is 9.22. The topological polar surface area (TPSA) is 46.5 Å². The van der Waals surface area contributed by atoms with E-state index in [0.29, 0.717) is 30.1 Å². The highest BCUT2D eigenvalue weighted by molar-refractivity contribution is 5.72. The Labute approximate surface area is 84.4 Å². The maximum absolute atomic E-state index is 11.2. The van der Waals surface area contributed by atoms with Crippen LogP contribution in [-0.2, 0) is 9.53 Å². The number of carbonyl (C=O) groups is 1. The smallest absolute Gasteiger partial charge is 0.306 e. The summed E-state index contributed by atoms with van der Waals surface area (Å²) in [6.07, 6.45) is 1.50. The van der Waals surface area contributed by atoms with Crippen LogP contribution in [-0.4, -0.2) is 23.8 Å². The molecule has 1 saturated carbocycles. The number of ether oxygens (including phenoxy) is 1. The average molecular weight is 198 g/mol. The molecule has 1 aliphatic heterocycles. The minimum absolute atomic E-state index is 0.0577. The van der Waals surface area contributed by atoms with Gasteiger partial charge in [0.1, 0.15) is 6.10 Å². The molecule has 0 bridgehead atoms. The van der Waals surface area contributed by atoms with Gasteiger partial charge in [0.2, 0.25) is 0 Å². The first-order valence-electron chi connectivity index (χ1n) is 5.43. The molecule has 0 aromatic heterocycles. The van der Waals surface area contributed by atoms with E-state index in [1.165, 1.54) is 0 Å². The van der Waals surface area contributed by atoms with Crippen molar-refractivity contribution in [2.75, 3.05) is 6.61 Å². The molecular weight excluding hydrogens is 180 g/mol. The third-order valence-corrected chi connectivity index (χ3v) is 4.18. The zero-order valence-electron chi connectivity index (χ0n) is 8.77. The molecule has 5 unspecified atom stereocenters. The van der Waals surface area contributed by atoms with Gasteiger partial charge in [-0.2, -0.15) is 0 Å². The first kappa shape index (κ1) is 9.97. The van der Waals surface area contributed by atoms with E-state index in [1.54, 1.807) is 0 Å². The van der Waals surface area contributed by atoms with Gasteiger partial charge in [-0.25, -0.2) is 0 Å². The highest BCUT2D eigenvalue weighted by Gasteiger charge is 2.46. The summed E-state index contributed by atoms with van der Waals surface area (Å²) in [4.78, 5) is 11.2. The van der Waals surface area contributed by atoms with Crippen molar-refractivity contribution in [2.45, 2.75) is 32.8 Å². The molecule has 1 N–H and O–H groups in total. The lowest BCUT2D eigenvalue weighted by Crippen LogP contribution is -2.39. The second kappa shape index (κ2) is 3.54. The number of aliphatic hydroxyl groups excluding tert-OH is 1. The molecule has 2 rings (SSSR count). The van der Waals surface area contributed by atoms with Crippen LogP contribution in [0.3, 0.4) is 0 Å². The summed E-state index contributed by atoms with van der Waals surface area (Å²) in [7, 11) is 0. The van der Waals surface area contributed by atoms with Crippen LogP contribution < -0.4 is 0 Å². The number of rotatable bonds is 1. The van der Waals surface area contributed by atoms with Crippen molar-refractivity contribution in [3.8, 4) is 0 Å². The van der Waals surface area contributed by atoms with E-state index >= 15 is 0 Å². The Kier molecular flexibility index (Phi) is 2.52. The summed E-state index contributed by atoms with van der Waals surface area (Å²) >= 11 is 0. The van der Waals surface area contributed by atoms with E-state index in [2.05, 4.69) is 13.8 Å². The number of aliphatic hydroxyl groups is 1. The number of esters is 1. The first-order valence-corrected chi connectivity index (χ1v) is 5.43. The molecule has 2 aliphatic rings. The van der Waals surface area contributed by atoms with Crippen LogP contribution in [0, 0.1) is 23.7 Å². The Balaban J connectivity index is 2.13. The molecule has 0 aromatic carbocycles. The van der Waals surface area contributed by atoms with Crippen LogP contribution in [0.15, 0.2) is 0 Å². The fourth-order valence-corrected chi connectivity index (χ4v) is 2.95. The molecule has 0 spiro atoms. The Morgan fingerprint density at radius 2 is 2.14 bits per heavy atom. The molecule has 5 atom stereocenters. The SMILES string of the molecule is CC1C(CO)CC2OC(=O)CC2C1C. The Hall–Kier alpha value is -0.570. The lowest BCUT2D eigenvalue weighted by atomic mass is 9.67. The summed E-state index contributed by atoms with van der Waals surface area (Å²) in [6, 6.07) is 0. The van der Waals surface area contributed by atoms with Crippen molar-refractivity contribution in [1.82, 2.24) is 0 Å². The van der Waals surface area contributed by atoms with Gasteiger partial charge in [-0.3, -0.25) is 4.79 Å². The van der Waals surface area contributed by atoms with Gasteiger partial charge in [0, 0.05) is 12.5 Å². The van der Waals surface area contributed by atoms with Crippen molar-refractivity contribution in [2.24, 2.45) is 23.7 Å². The minimum Gasteiger partial charge on any atom is -0.462 e. The van der Waals surface area contributed by atoms with E-state index in [4.69, 9.17) is 4.74 Å². The molecule has 0 aromatic rings. The summed E-state index contributed by atoms with van der Waals surface area (Å²) in [6.45, 7) is 4.56. The van der Waals surface area contributed by atoms with Gasteiger partial charge in [0.15, 0.2) is 0 Å². The Morgan fingerprint density at radius 1 is 1.43 bits per heavy atom. The van der Waals surface area contributed by atoms with Gasteiger partial charge < -0.3 is 9.84 Å². The van der Waals surface area contributed by atoms with Crippen LogP contribution in [0.2, 0.25) is 0 Å². The molecule has 1 heterocycles. The second-order valence-corrected chi connectivity index (χ2v) is 4.79. The maximum atomic E-state index is 11.2. The second-order valence-electron chi connectivity index (χ2n) is 4.79. The normalized spacial score (nSPS) is 47.4. The Bertz CT molecular complexity index is 239. The number of fused-ring (bicyclic) bond motifs is 1. The zero-order chi connectivity index (χ0) is 10.3. The largest absolute Gasteiger partial charge is 0.462 e. The predicted octanol–water partition coefficient (Wildman–Crippen LogP) is 1.20. The molecule has 3 nitrogen and oxygen atoms in total. The number of hydrogen-bond acceptors (Lipinski definition) is 3. The molecule has 80 valence electrons. The van der Waals surface area contributed by atoms with Crippen molar-refractivity contribution >= 4 is 5.97 Å². The third-order valence-electron chi connectivity index (χ3n) is 4.18. The van der Waals surface area contributed by atoms with E-state index in [0.717, 1.165) is 6.42 Å². The molecular formula is C11H18O3. The monoisotopic (exact) mass is 198 g/mol. The maximum Gasteiger partial charge on any atom is 0.306 e. The summed E-state index contributed by atoms with van der Waals surface area (Å²) in [5.74, 6) is 1.61. The van der Waals surface area contributed by atoms with Crippen LogP contribution in [0.25, 0.3) is 0 Å². The molecule has 3 heteroatoms. The van der Waals surface area contributed by atoms with Crippen molar-refractivity contribution < 1.29 is 14.6 Å². The quantitative estimate of drug-likeness (QED) is 0.644. The van der Waals surface area contributed by atoms with Crippen LogP contribution in [0.5, 0.6) is 0 Å². The highest BCUT2D eigenvalue weighted by atomic mass is 16.5. The van der Waals surface area contributed by atoms with Crippen LogP contribution in [0.4, 0.5) is 0 Å². The fourth-order valence-electron chi connectivity index (χ4n) is 2.95. The van der Waals surface area contributed by atoms with Gasteiger partial charge in [-0.1, -0.05) is 13.8 Å². The third kappa shape index (κ3) is 1.44. The van der Waals surface area contributed by atoms with E-state index in [9.17, 15) is 9.90 Å². The van der Waals surface area contributed by atoms with Gasteiger partial charge in [0.05, 0.1) is 6.42 Å². The summed E-state index contributed by atoms with van der Waals surface area (Å²) in [5.41, 5.74) is 0. The first-order chi connectivity index (χ1) is 6.63. The number of carbonyl (C=O) groups excluding carboxylic acids is 1. The minimum atomic E-state index is -0.0577. The molecule has 0 amide bonds. The predicted molar refractivity (Wildman–Crippen MR) is 51.5 cm³/mol.